The Balaban J connectivity index is 2.28. The van der Waals surface area contributed by atoms with Crippen LogP contribution in [0.5, 0.6) is 0 Å². The normalized spacial score (nSPS) is 17.9. The topological polar surface area (TPSA) is 55.8 Å². The van der Waals surface area contributed by atoms with Gasteiger partial charge in [0.25, 0.3) is 0 Å². The van der Waals surface area contributed by atoms with E-state index in [9.17, 15) is 18.4 Å². The molecule has 7 heteroatoms. The summed E-state index contributed by atoms with van der Waals surface area (Å²) < 4.78 is 39.7. The van der Waals surface area contributed by atoms with E-state index in [1.165, 1.54) is 12.1 Å². The van der Waals surface area contributed by atoms with Crippen LogP contribution in [0.4, 0.5) is 13.6 Å². The smallest absolute Gasteiger partial charge is 0.410 e. The van der Waals surface area contributed by atoms with Crippen LogP contribution in [0.25, 0.3) is 6.08 Å². The van der Waals surface area contributed by atoms with Crippen molar-refractivity contribution < 1.29 is 27.8 Å². The van der Waals surface area contributed by atoms with E-state index in [2.05, 4.69) is 6.58 Å². The van der Waals surface area contributed by atoms with Gasteiger partial charge in [0.05, 0.1) is 5.92 Å². The first-order chi connectivity index (χ1) is 14.2. The molecule has 31 heavy (non-hydrogen) atoms. The van der Waals surface area contributed by atoms with Crippen LogP contribution in [-0.4, -0.2) is 41.3 Å². The number of nitrogens with zero attached hydrogens (tertiary/aromatic N) is 1. The van der Waals surface area contributed by atoms with Gasteiger partial charge in [-0.15, -0.1) is 0 Å². The highest BCUT2D eigenvalue weighted by atomic mass is 19.1. The van der Waals surface area contributed by atoms with Crippen molar-refractivity contribution in [2.24, 2.45) is 11.8 Å². The molecule has 1 heterocycles. The molecular formula is C24H33F2NO4. The fourth-order valence-corrected chi connectivity index (χ4v) is 3.62. The number of hydrogen-bond acceptors (Lipinski definition) is 4. The lowest BCUT2D eigenvalue weighted by molar-refractivity contribution is -0.162. The van der Waals surface area contributed by atoms with Gasteiger partial charge in [0.15, 0.2) is 0 Å². The molecule has 0 spiro atoms. The summed E-state index contributed by atoms with van der Waals surface area (Å²) >= 11 is 0. The average Bonchev–Trinajstić information content (AvgIpc) is 3.08. The van der Waals surface area contributed by atoms with Crippen LogP contribution in [-0.2, 0) is 20.7 Å². The largest absolute Gasteiger partial charge is 0.460 e. The van der Waals surface area contributed by atoms with Crippen LogP contribution in [0.15, 0.2) is 18.7 Å². The number of amides is 1. The molecular weight excluding hydrogens is 404 g/mol. The van der Waals surface area contributed by atoms with E-state index >= 15 is 0 Å². The Labute approximate surface area is 183 Å². The third kappa shape index (κ3) is 6.77. The second-order valence-corrected chi connectivity index (χ2v) is 9.96. The molecule has 5 nitrogen and oxygen atoms in total. The molecule has 1 amide bonds. The van der Waals surface area contributed by atoms with Gasteiger partial charge in [0.2, 0.25) is 0 Å². The molecule has 1 aromatic rings. The minimum absolute atomic E-state index is 0.0364. The molecule has 0 saturated carbocycles. The molecule has 2 atom stereocenters. The Morgan fingerprint density at radius 2 is 1.77 bits per heavy atom. The lowest BCUT2D eigenvalue weighted by atomic mass is 9.85. The summed E-state index contributed by atoms with van der Waals surface area (Å²) in [7, 11) is 0. The van der Waals surface area contributed by atoms with Gasteiger partial charge in [-0.3, -0.25) is 4.79 Å². The third-order valence-corrected chi connectivity index (χ3v) is 5.01. The molecule has 1 aliphatic heterocycles. The zero-order chi connectivity index (χ0) is 23.6. The zero-order valence-corrected chi connectivity index (χ0v) is 19.3. The molecule has 172 valence electrons. The second-order valence-electron chi connectivity index (χ2n) is 9.96. The number of benzene rings is 1. The third-order valence-electron chi connectivity index (χ3n) is 5.01. The monoisotopic (exact) mass is 437 g/mol. The highest BCUT2D eigenvalue weighted by molar-refractivity contribution is 5.74. The van der Waals surface area contributed by atoms with Gasteiger partial charge >= 0.3 is 12.1 Å². The number of likely N-dealkylation sites (tertiary alicyclic amines) is 1. The molecule has 1 aromatic carbocycles. The van der Waals surface area contributed by atoms with Gasteiger partial charge in [0.1, 0.15) is 22.8 Å². The molecule has 0 aromatic heterocycles. The van der Waals surface area contributed by atoms with Crippen LogP contribution < -0.4 is 0 Å². The van der Waals surface area contributed by atoms with Crippen molar-refractivity contribution in [1.82, 2.24) is 4.90 Å². The molecule has 0 N–H and O–H groups in total. The summed E-state index contributed by atoms with van der Waals surface area (Å²) in [5, 5.41) is 0. The summed E-state index contributed by atoms with van der Waals surface area (Å²) in [6.07, 6.45) is 1.27. The van der Waals surface area contributed by atoms with Gasteiger partial charge < -0.3 is 14.4 Å². The molecule has 0 radical (unpaired) electrons. The minimum Gasteiger partial charge on any atom is -0.460 e. The van der Waals surface area contributed by atoms with Crippen molar-refractivity contribution in [3.8, 4) is 0 Å². The van der Waals surface area contributed by atoms with E-state index in [4.69, 9.17) is 9.47 Å². The Kier molecular flexibility index (Phi) is 7.50. The van der Waals surface area contributed by atoms with Crippen molar-refractivity contribution >= 4 is 18.1 Å². The van der Waals surface area contributed by atoms with Crippen LogP contribution >= 0.6 is 0 Å². The number of halogens is 2. The number of rotatable bonds is 5. The molecule has 1 saturated heterocycles. The first kappa shape index (κ1) is 24.8. The van der Waals surface area contributed by atoms with Gasteiger partial charge in [0, 0.05) is 18.7 Å². The van der Waals surface area contributed by atoms with E-state index in [-0.39, 0.29) is 23.5 Å². The quantitative estimate of drug-likeness (QED) is 0.582. The number of ether oxygens (including phenoxy) is 2. The van der Waals surface area contributed by atoms with E-state index in [0.717, 1.165) is 6.08 Å². The SMILES string of the molecule is C=Cc1c(F)ccc(C[C@H](C(=O)OC(C)(C)C)[C@H]2CCN(C(=O)OC(C)(C)C)C2)c1F. The fourth-order valence-electron chi connectivity index (χ4n) is 3.62. The Morgan fingerprint density at radius 3 is 2.32 bits per heavy atom. The molecule has 0 unspecified atom stereocenters. The predicted molar refractivity (Wildman–Crippen MR) is 115 cm³/mol. The predicted octanol–water partition coefficient (Wildman–Crippen LogP) is 5.37. The fraction of sp³-hybridized carbons (Fsp3) is 0.583. The first-order valence-corrected chi connectivity index (χ1v) is 10.5. The highest BCUT2D eigenvalue weighted by Gasteiger charge is 2.39. The van der Waals surface area contributed by atoms with E-state index in [1.54, 1.807) is 46.4 Å². The summed E-state index contributed by atoms with van der Waals surface area (Å²) in [6.45, 7) is 14.8. The maximum absolute atomic E-state index is 14.8. The lowest BCUT2D eigenvalue weighted by Gasteiger charge is -2.28. The highest BCUT2D eigenvalue weighted by Crippen LogP contribution is 2.32. The molecule has 0 aliphatic carbocycles. The Hall–Kier alpha value is -2.44. The summed E-state index contributed by atoms with van der Waals surface area (Å²) in [5.74, 6) is -2.83. The molecule has 1 fully saturated rings. The summed E-state index contributed by atoms with van der Waals surface area (Å²) in [4.78, 5) is 27.0. The van der Waals surface area contributed by atoms with Gasteiger partial charge in [-0.25, -0.2) is 13.6 Å². The van der Waals surface area contributed by atoms with Crippen LogP contribution in [0, 0.1) is 23.5 Å². The number of carbonyl (C=O) groups excluding carboxylic acids is 2. The molecule has 1 aliphatic rings. The lowest BCUT2D eigenvalue weighted by Crippen LogP contribution is -2.38. The number of carbonyl (C=O) groups is 2. The number of hydrogen-bond donors (Lipinski definition) is 0. The van der Waals surface area contributed by atoms with Crippen LogP contribution in [0.1, 0.15) is 59.1 Å². The van der Waals surface area contributed by atoms with Crippen LogP contribution in [0.2, 0.25) is 0 Å². The van der Waals surface area contributed by atoms with Crippen molar-refractivity contribution in [2.75, 3.05) is 13.1 Å². The van der Waals surface area contributed by atoms with Gasteiger partial charge in [-0.1, -0.05) is 18.7 Å². The van der Waals surface area contributed by atoms with Crippen molar-refractivity contribution in [1.29, 1.82) is 0 Å². The maximum Gasteiger partial charge on any atom is 0.410 e. The maximum atomic E-state index is 14.8. The van der Waals surface area contributed by atoms with Gasteiger partial charge in [-0.2, -0.15) is 0 Å². The summed E-state index contributed by atoms with van der Waals surface area (Å²) in [5.41, 5.74) is -1.35. The van der Waals surface area contributed by atoms with E-state index in [0.29, 0.717) is 19.5 Å². The van der Waals surface area contributed by atoms with Crippen molar-refractivity contribution in [3.63, 3.8) is 0 Å². The zero-order valence-electron chi connectivity index (χ0n) is 19.3. The molecule has 2 rings (SSSR count). The van der Waals surface area contributed by atoms with Crippen molar-refractivity contribution in [2.45, 2.75) is 65.6 Å². The van der Waals surface area contributed by atoms with Crippen molar-refractivity contribution in [3.05, 3.63) is 41.5 Å². The van der Waals surface area contributed by atoms with E-state index in [1.807, 2.05) is 0 Å². The standard InChI is InChI=1S/C24H33F2NO4/c1-8-17-19(25)10-9-15(20(17)26)13-18(21(28)30-23(2,3)4)16-11-12-27(14-16)22(29)31-24(5,6)7/h8-10,16,18H,1,11-14H2,2-7H3/t16-,18-/m0/s1. The average molecular weight is 438 g/mol. The first-order valence-electron chi connectivity index (χ1n) is 10.5. The van der Waals surface area contributed by atoms with Gasteiger partial charge in [-0.05, 0) is 71.9 Å². The van der Waals surface area contributed by atoms with E-state index < -0.39 is 40.8 Å². The molecule has 0 bridgehead atoms. The summed E-state index contributed by atoms with van der Waals surface area (Å²) in [6, 6.07) is 2.51. The Bertz CT molecular complexity index is 839. The second kappa shape index (κ2) is 9.37. The van der Waals surface area contributed by atoms with Crippen LogP contribution in [0.3, 0.4) is 0 Å². The Morgan fingerprint density at radius 1 is 1.16 bits per heavy atom. The number of esters is 1. The minimum atomic E-state index is -0.731.